The van der Waals surface area contributed by atoms with E-state index in [1.807, 2.05) is 0 Å². The van der Waals surface area contributed by atoms with Crippen molar-refractivity contribution in [1.29, 1.82) is 0 Å². The lowest BCUT2D eigenvalue weighted by Crippen LogP contribution is -2.27. The van der Waals surface area contributed by atoms with E-state index in [4.69, 9.17) is 15.2 Å². The van der Waals surface area contributed by atoms with Crippen LogP contribution >= 0.6 is 11.8 Å². The summed E-state index contributed by atoms with van der Waals surface area (Å²) in [5, 5.41) is 0.508. The molecule has 0 unspecified atom stereocenters. The molecule has 150 valence electrons. The Bertz CT molecular complexity index is 794. The van der Waals surface area contributed by atoms with E-state index in [1.54, 1.807) is 12.1 Å². The second kappa shape index (κ2) is 10.4. The molecule has 1 aliphatic rings. The summed E-state index contributed by atoms with van der Waals surface area (Å²) in [6.07, 6.45) is 1.63. The van der Waals surface area contributed by atoms with Crippen molar-refractivity contribution < 1.29 is 33.4 Å². The van der Waals surface area contributed by atoms with Crippen LogP contribution in [0, 0.1) is 0 Å². The first kappa shape index (κ1) is 21.3. The third-order valence-electron chi connectivity index (χ3n) is 3.59. The molecular weight excluding hydrogens is 388 g/mol. The predicted molar refractivity (Wildman–Crippen MR) is 100 cm³/mol. The van der Waals surface area contributed by atoms with Crippen LogP contribution in [-0.4, -0.2) is 61.3 Å². The number of ether oxygens (including phenoxy) is 3. The third kappa shape index (κ3) is 6.02. The van der Waals surface area contributed by atoms with Gasteiger partial charge in [0.1, 0.15) is 11.3 Å². The van der Waals surface area contributed by atoms with Crippen LogP contribution in [0.4, 0.5) is 0 Å². The minimum absolute atomic E-state index is 0.0585. The van der Waals surface area contributed by atoms with Crippen LogP contribution in [0.25, 0.3) is 0 Å². The Balaban J connectivity index is 1.87. The fraction of sp³-hybridized carbons (Fsp3) is 0.333. The van der Waals surface area contributed by atoms with Gasteiger partial charge in [0, 0.05) is 6.54 Å². The van der Waals surface area contributed by atoms with E-state index in [2.05, 4.69) is 4.74 Å². The number of nitrogens with zero attached hydrogens (tertiary/aromatic N) is 1. The monoisotopic (exact) mass is 408 g/mol. The number of hydrogen-bond acceptors (Lipinski definition) is 8. The molecule has 1 aliphatic heterocycles. The number of rotatable bonds is 9. The zero-order chi connectivity index (χ0) is 20.5. The van der Waals surface area contributed by atoms with Crippen molar-refractivity contribution in [3.05, 3.63) is 40.9 Å². The van der Waals surface area contributed by atoms with E-state index in [0.717, 1.165) is 0 Å². The van der Waals surface area contributed by atoms with Crippen LogP contribution in [0.3, 0.4) is 0 Å². The van der Waals surface area contributed by atoms with Gasteiger partial charge in [0.2, 0.25) is 5.91 Å². The summed E-state index contributed by atoms with van der Waals surface area (Å²) in [6, 6.07) is 6.33. The van der Waals surface area contributed by atoms with E-state index < -0.39 is 17.8 Å². The van der Waals surface area contributed by atoms with Crippen molar-refractivity contribution in [2.45, 2.75) is 6.42 Å². The standard InChI is InChI=1S/C18H20N2O7S/c1-25-17(23)9-16-20(15(22)11-28-16)7-4-8-26-18(24)12-5-2-3-6-13(12)27-10-14(19)21/h2-3,5-6,9H,4,7-8,10-11H2,1H3,(H2,19,21)/b16-9+. The Morgan fingerprint density at radius 2 is 2.04 bits per heavy atom. The molecule has 0 aromatic heterocycles. The quantitative estimate of drug-likeness (QED) is 0.359. The molecule has 1 fully saturated rings. The maximum atomic E-state index is 12.2. The maximum absolute atomic E-state index is 12.2. The lowest BCUT2D eigenvalue weighted by atomic mass is 10.2. The van der Waals surface area contributed by atoms with Gasteiger partial charge in [-0.05, 0) is 18.6 Å². The van der Waals surface area contributed by atoms with E-state index in [-0.39, 0.29) is 36.2 Å². The molecule has 0 saturated carbocycles. The van der Waals surface area contributed by atoms with Crippen LogP contribution in [0.2, 0.25) is 0 Å². The molecule has 0 bridgehead atoms. The van der Waals surface area contributed by atoms with Gasteiger partial charge >= 0.3 is 11.9 Å². The number of benzene rings is 1. The Morgan fingerprint density at radius 1 is 1.29 bits per heavy atom. The van der Waals surface area contributed by atoms with Crippen molar-refractivity contribution >= 4 is 35.5 Å². The SMILES string of the molecule is COC(=O)/C=C1/SCC(=O)N1CCCOC(=O)c1ccccc1OCC(N)=O. The fourth-order valence-electron chi connectivity index (χ4n) is 2.30. The van der Waals surface area contributed by atoms with E-state index in [0.29, 0.717) is 18.0 Å². The molecule has 2 amide bonds. The smallest absolute Gasteiger partial charge is 0.341 e. The molecule has 1 saturated heterocycles. The number of methoxy groups -OCH3 is 1. The Labute approximate surface area is 165 Å². The molecule has 0 aliphatic carbocycles. The number of para-hydroxylation sites is 1. The summed E-state index contributed by atoms with van der Waals surface area (Å²) >= 11 is 1.25. The first-order valence-electron chi connectivity index (χ1n) is 8.32. The average molecular weight is 408 g/mol. The summed E-state index contributed by atoms with van der Waals surface area (Å²) in [7, 11) is 1.26. The summed E-state index contributed by atoms with van der Waals surface area (Å²) in [6.45, 7) is -0.000954. The summed E-state index contributed by atoms with van der Waals surface area (Å²) < 4.78 is 15.0. The predicted octanol–water partition coefficient (Wildman–Crippen LogP) is 0.687. The van der Waals surface area contributed by atoms with Crippen molar-refractivity contribution in [3.63, 3.8) is 0 Å². The maximum Gasteiger partial charge on any atom is 0.341 e. The second-order valence-electron chi connectivity index (χ2n) is 5.58. The number of thioether (sulfide) groups is 1. The molecule has 1 aromatic carbocycles. The van der Waals surface area contributed by atoms with Crippen LogP contribution in [-0.2, 0) is 23.9 Å². The van der Waals surface area contributed by atoms with Crippen molar-refractivity contribution in [2.24, 2.45) is 5.73 Å². The Kier molecular flexibility index (Phi) is 7.88. The van der Waals surface area contributed by atoms with Crippen molar-refractivity contribution in [3.8, 4) is 5.75 Å². The van der Waals surface area contributed by atoms with Crippen LogP contribution in [0.15, 0.2) is 35.4 Å². The summed E-state index contributed by atoms with van der Waals surface area (Å²) in [5.74, 6) is -1.51. The highest BCUT2D eigenvalue weighted by molar-refractivity contribution is 8.04. The highest BCUT2D eigenvalue weighted by atomic mass is 32.2. The normalized spacial score (nSPS) is 14.8. The fourth-order valence-corrected chi connectivity index (χ4v) is 3.26. The molecule has 2 N–H and O–H groups in total. The van der Waals surface area contributed by atoms with Gasteiger partial charge in [-0.25, -0.2) is 9.59 Å². The first-order valence-corrected chi connectivity index (χ1v) is 9.31. The van der Waals surface area contributed by atoms with Crippen LogP contribution in [0.5, 0.6) is 5.75 Å². The number of primary amides is 1. The first-order chi connectivity index (χ1) is 13.4. The third-order valence-corrected chi connectivity index (χ3v) is 4.61. The van der Waals surface area contributed by atoms with Crippen molar-refractivity contribution in [1.82, 2.24) is 4.90 Å². The lowest BCUT2D eigenvalue weighted by Gasteiger charge is -2.17. The van der Waals surface area contributed by atoms with Gasteiger partial charge in [0.05, 0.1) is 30.6 Å². The minimum Gasteiger partial charge on any atom is -0.483 e. The van der Waals surface area contributed by atoms with Gasteiger partial charge < -0.3 is 24.8 Å². The average Bonchev–Trinajstić information content (AvgIpc) is 3.02. The lowest BCUT2D eigenvalue weighted by molar-refractivity contribution is -0.135. The Morgan fingerprint density at radius 3 is 2.75 bits per heavy atom. The molecule has 10 heteroatoms. The molecule has 28 heavy (non-hydrogen) atoms. The number of carbonyl (C=O) groups excluding carboxylic acids is 4. The number of amides is 2. The second-order valence-corrected chi connectivity index (χ2v) is 6.58. The highest BCUT2D eigenvalue weighted by Gasteiger charge is 2.27. The van der Waals surface area contributed by atoms with Gasteiger partial charge in [-0.15, -0.1) is 0 Å². The number of hydrogen-bond donors (Lipinski definition) is 1. The highest BCUT2D eigenvalue weighted by Crippen LogP contribution is 2.28. The molecular formula is C18H20N2O7S. The van der Waals surface area contributed by atoms with Crippen LogP contribution in [0.1, 0.15) is 16.8 Å². The van der Waals surface area contributed by atoms with Gasteiger partial charge in [-0.1, -0.05) is 23.9 Å². The molecule has 1 heterocycles. The van der Waals surface area contributed by atoms with Crippen LogP contribution < -0.4 is 10.5 Å². The minimum atomic E-state index is -0.660. The number of nitrogens with two attached hydrogens (primary N) is 1. The number of esters is 2. The largest absolute Gasteiger partial charge is 0.483 e. The van der Waals surface area contributed by atoms with Gasteiger partial charge in [0.15, 0.2) is 6.61 Å². The van der Waals surface area contributed by atoms with Gasteiger partial charge in [-0.2, -0.15) is 0 Å². The van der Waals surface area contributed by atoms with Gasteiger partial charge in [-0.3, -0.25) is 9.59 Å². The number of carbonyl (C=O) groups is 4. The molecule has 9 nitrogen and oxygen atoms in total. The zero-order valence-electron chi connectivity index (χ0n) is 15.2. The summed E-state index contributed by atoms with van der Waals surface area (Å²) in [5.41, 5.74) is 5.21. The van der Waals surface area contributed by atoms with E-state index in [1.165, 1.54) is 42.0 Å². The Hall–Kier alpha value is -3.01. The zero-order valence-corrected chi connectivity index (χ0v) is 16.0. The van der Waals surface area contributed by atoms with E-state index in [9.17, 15) is 19.2 Å². The molecule has 0 radical (unpaired) electrons. The molecule has 1 aromatic rings. The molecule has 0 spiro atoms. The summed E-state index contributed by atoms with van der Waals surface area (Å²) in [4.78, 5) is 47.8. The van der Waals surface area contributed by atoms with E-state index >= 15 is 0 Å². The molecule has 0 atom stereocenters. The van der Waals surface area contributed by atoms with Crippen molar-refractivity contribution in [2.75, 3.05) is 32.6 Å². The topological polar surface area (TPSA) is 125 Å². The van der Waals surface area contributed by atoms with Gasteiger partial charge in [0.25, 0.3) is 5.91 Å². The molecule has 2 rings (SSSR count).